The molecule has 3 aromatic heterocycles. The Hall–Kier alpha value is -2.84. The molecule has 6 nitrogen and oxygen atoms in total. The minimum atomic E-state index is -0.277. The summed E-state index contributed by atoms with van der Waals surface area (Å²) in [6, 6.07) is 9.20. The lowest BCUT2D eigenvalue weighted by molar-refractivity contribution is -0.116. The van der Waals surface area contributed by atoms with Crippen LogP contribution < -0.4 is 10.9 Å². The van der Waals surface area contributed by atoms with Gasteiger partial charge in [0.1, 0.15) is 11.4 Å². The van der Waals surface area contributed by atoms with Crippen LogP contribution in [0.3, 0.4) is 0 Å². The molecule has 1 N–H and O–H groups in total. The Balaban J connectivity index is 1.47. The predicted octanol–water partition coefficient (Wildman–Crippen LogP) is 3.53. The van der Waals surface area contributed by atoms with E-state index in [-0.39, 0.29) is 18.0 Å². The average Bonchev–Trinajstić information content (AvgIpc) is 3.27. The summed E-state index contributed by atoms with van der Waals surface area (Å²) in [6.45, 7) is 1.89. The summed E-state index contributed by atoms with van der Waals surface area (Å²) >= 11 is 3.00. The van der Waals surface area contributed by atoms with Gasteiger partial charge in [0.2, 0.25) is 5.91 Å². The van der Waals surface area contributed by atoms with Gasteiger partial charge in [0.15, 0.2) is 0 Å². The molecule has 1 aromatic carbocycles. The van der Waals surface area contributed by atoms with Crippen molar-refractivity contribution in [3.8, 4) is 11.3 Å². The number of benzene rings is 1. The molecule has 130 valence electrons. The Morgan fingerprint density at radius 1 is 1.19 bits per heavy atom. The first-order valence-electron chi connectivity index (χ1n) is 7.85. The second-order valence-corrected chi connectivity index (χ2v) is 7.65. The number of hydrogen-bond acceptors (Lipinski definition) is 6. The largest absolute Gasteiger partial charge is 0.325 e. The lowest BCUT2D eigenvalue weighted by atomic mass is 10.1. The lowest BCUT2D eigenvalue weighted by Crippen LogP contribution is -2.27. The SMILES string of the molecule is Cc1nc(-c2ccc(NC(=O)Cn3cnc4sccc4c3=O)cc2)cs1. The van der Waals surface area contributed by atoms with E-state index >= 15 is 0 Å². The van der Waals surface area contributed by atoms with E-state index in [9.17, 15) is 9.59 Å². The van der Waals surface area contributed by atoms with E-state index in [1.807, 2.05) is 41.9 Å². The minimum Gasteiger partial charge on any atom is -0.325 e. The third-order valence-electron chi connectivity index (χ3n) is 3.85. The molecule has 0 bridgehead atoms. The quantitative estimate of drug-likeness (QED) is 0.586. The standard InChI is InChI=1S/C18H14N4O2S2/c1-11-20-15(9-26-11)12-2-4-13(5-3-12)21-16(23)8-22-10-19-17-14(18(22)24)6-7-25-17/h2-7,9-10H,8H2,1H3,(H,21,23). The fraction of sp³-hybridized carbons (Fsp3) is 0.111. The van der Waals surface area contributed by atoms with Crippen molar-refractivity contribution in [2.24, 2.45) is 0 Å². The number of carbonyl (C=O) groups is 1. The van der Waals surface area contributed by atoms with Gasteiger partial charge in [-0.3, -0.25) is 14.2 Å². The second kappa shape index (κ2) is 6.81. The number of aryl methyl sites for hydroxylation is 1. The smallest absolute Gasteiger partial charge is 0.262 e. The summed E-state index contributed by atoms with van der Waals surface area (Å²) in [5.41, 5.74) is 2.38. The van der Waals surface area contributed by atoms with E-state index in [4.69, 9.17) is 0 Å². The van der Waals surface area contributed by atoms with Crippen molar-refractivity contribution < 1.29 is 4.79 Å². The second-order valence-electron chi connectivity index (χ2n) is 5.69. The van der Waals surface area contributed by atoms with Crippen molar-refractivity contribution in [2.75, 3.05) is 5.32 Å². The van der Waals surface area contributed by atoms with Gasteiger partial charge in [-0.15, -0.1) is 22.7 Å². The van der Waals surface area contributed by atoms with Crippen molar-refractivity contribution in [2.45, 2.75) is 13.5 Å². The molecule has 0 spiro atoms. The summed E-state index contributed by atoms with van der Waals surface area (Å²) in [4.78, 5) is 33.9. The van der Waals surface area contributed by atoms with Crippen LogP contribution in [-0.4, -0.2) is 20.4 Å². The summed E-state index contributed by atoms with van der Waals surface area (Å²) < 4.78 is 1.32. The molecule has 0 atom stereocenters. The molecule has 0 aliphatic rings. The van der Waals surface area contributed by atoms with E-state index in [2.05, 4.69) is 15.3 Å². The number of amides is 1. The molecule has 0 saturated carbocycles. The van der Waals surface area contributed by atoms with Gasteiger partial charge in [-0.05, 0) is 30.5 Å². The molecular weight excluding hydrogens is 368 g/mol. The number of nitrogens with zero attached hydrogens (tertiary/aromatic N) is 3. The molecule has 0 fully saturated rings. The number of fused-ring (bicyclic) bond motifs is 1. The molecular formula is C18H14N4O2S2. The number of thiophene rings is 1. The number of nitrogens with one attached hydrogen (secondary N) is 1. The van der Waals surface area contributed by atoms with Gasteiger partial charge in [0.25, 0.3) is 5.56 Å². The zero-order valence-electron chi connectivity index (χ0n) is 13.8. The van der Waals surface area contributed by atoms with E-state index in [0.717, 1.165) is 16.3 Å². The molecule has 0 aliphatic heterocycles. The van der Waals surface area contributed by atoms with E-state index in [1.54, 1.807) is 17.4 Å². The first-order valence-corrected chi connectivity index (χ1v) is 9.61. The Kier molecular flexibility index (Phi) is 4.36. The van der Waals surface area contributed by atoms with Crippen LogP contribution in [0.5, 0.6) is 0 Å². The summed E-state index contributed by atoms with van der Waals surface area (Å²) in [5, 5.41) is 8.17. The molecule has 0 radical (unpaired) electrons. The number of anilines is 1. The summed E-state index contributed by atoms with van der Waals surface area (Å²) in [7, 11) is 0. The normalized spacial score (nSPS) is 11.0. The number of thiazole rings is 1. The maximum absolute atomic E-state index is 12.3. The number of carbonyl (C=O) groups excluding carboxylic acids is 1. The fourth-order valence-electron chi connectivity index (χ4n) is 2.58. The molecule has 4 aromatic rings. The molecule has 4 rings (SSSR count). The van der Waals surface area contributed by atoms with Crippen molar-refractivity contribution in [1.82, 2.24) is 14.5 Å². The number of aromatic nitrogens is 3. The first kappa shape index (κ1) is 16.6. The molecule has 8 heteroatoms. The molecule has 26 heavy (non-hydrogen) atoms. The summed E-state index contributed by atoms with van der Waals surface area (Å²) in [5.74, 6) is -0.277. The van der Waals surface area contributed by atoms with E-state index in [1.165, 1.54) is 22.2 Å². The molecule has 1 amide bonds. The molecule has 0 aliphatic carbocycles. The third-order valence-corrected chi connectivity index (χ3v) is 5.44. The van der Waals surface area contributed by atoms with Gasteiger partial charge in [0.05, 0.1) is 22.4 Å². The van der Waals surface area contributed by atoms with Crippen molar-refractivity contribution in [3.05, 3.63) is 62.8 Å². The van der Waals surface area contributed by atoms with Crippen LogP contribution in [0.2, 0.25) is 0 Å². The van der Waals surface area contributed by atoms with Crippen LogP contribution >= 0.6 is 22.7 Å². The van der Waals surface area contributed by atoms with Gasteiger partial charge in [-0.1, -0.05) is 12.1 Å². The Labute approximate surface area is 156 Å². The van der Waals surface area contributed by atoms with Gasteiger partial charge in [0, 0.05) is 16.6 Å². The van der Waals surface area contributed by atoms with Crippen molar-refractivity contribution in [3.63, 3.8) is 0 Å². The van der Waals surface area contributed by atoms with Crippen LogP contribution in [0.4, 0.5) is 5.69 Å². The average molecular weight is 382 g/mol. The first-order chi connectivity index (χ1) is 12.6. The lowest BCUT2D eigenvalue weighted by Gasteiger charge is -2.08. The summed E-state index contributed by atoms with van der Waals surface area (Å²) in [6.07, 6.45) is 1.41. The Morgan fingerprint density at radius 2 is 2.00 bits per heavy atom. The maximum atomic E-state index is 12.3. The number of rotatable bonds is 4. The Morgan fingerprint density at radius 3 is 2.73 bits per heavy atom. The van der Waals surface area contributed by atoms with Crippen molar-refractivity contribution >= 4 is 44.5 Å². The fourth-order valence-corrected chi connectivity index (χ4v) is 3.93. The zero-order valence-corrected chi connectivity index (χ0v) is 15.4. The topological polar surface area (TPSA) is 76.9 Å². The van der Waals surface area contributed by atoms with E-state index in [0.29, 0.717) is 15.9 Å². The van der Waals surface area contributed by atoms with Crippen LogP contribution in [0.15, 0.2) is 52.2 Å². The monoisotopic (exact) mass is 382 g/mol. The maximum Gasteiger partial charge on any atom is 0.262 e. The van der Waals surface area contributed by atoms with Gasteiger partial charge in [-0.25, -0.2) is 9.97 Å². The van der Waals surface area contributed by atoms with Crippen molar-refractivity contribution in [1.29, 1.82) is 0 Å². The highest BCUT2D eigenvalue weighted by molar-refractivity contribution is 7.16. The van der Waals surface area contributed by atoms with E-state index < -0.39 is 0 Å². The zero-order chi connectivity index (χ0) is 18.1. The minimum absolute atomic E-state index is 0.0787. The van der Waals surface area contributed by atoms with Crippen LogP contribution in [0.25, 0.3) is 21.5 Å². The molecule has 0 saturated heterocycles. The van der Waals surface area contributed by atoms with Crippen LogP contribution in [0, 0.1) is 6.92 Å². The van der Waals surface area contributed by atoms with Crippen LogP contribution in [-0.2, 0) is 11.3 Å². The highest BCUT2D eigenvalue weighted by Gasteiger charge is 2.09. The van der Waals surface area contributed by atoms with Gasteiger partial charge < -0.3 is 5.32 Å². The van der Waals surface area contributed by atoms with Gasteiger partial charge >= 0.3 is 0 Å². The number of hydrogen-bond donors (Lipinski definition) is 1. The highest BCUT2D eigenvalue weighted by Crippen LogP contribution is 2.23. The molecule has 0 unspecified atom stereocenters. The van der Waals surface area contributed by atoms with Crippen LogP contribution in [0.1, 0.15) is 5.01 Å². The molecule has 3 heterocycles. The van der Waals surface area contributed by atoms with Gasteiger partial charge in [-0.2, -0.15) is 0 Å². The third kappa shape index (κ3) is 3.29. The highest BCUT2D eigenvalue weighted by atomic mass is 32.1. The predicted molar refractivity (Wildman–Crippen MR) is 105 cm³/mol. The Bertz CT molecular complexity index is 1140.